The summed E-state index contributed by atoms with van der Waals surface area (Å²) in [5.74, 6) is 0.422. The Morgan fingerprint density at radius 2 is 2.20 bits per heavy atom. The Morgan fingerprint density at radius 1 is 1.40 bits per heavy atom. The molecule has 2 unspecified atom stereocenters. The van der Waals surface area contributed by atoms with E-state index < -0.39 is 6.04 Å². The van der Waals surface area contributed by atoms with Crippen molar-refractivity contribution in [2.75, 3.05) is 6.54 Å². The third-order valence-corrected chi connectivity index (χ3v) is 3.90. The van der Waals surface area contributed by atoms with Crippen LogP contribution < -0.4 is 10.5 Å². The average Bonchev–Trinajstić information content (AvgIpc) is 2.81. The van der Waals surface area contributed by atoms with Gasteiger partial charge in [-0.15, -0.1) is 0 Å². The molecule has 106 valence electrons. The number of hydrogen-bond acceptors (Lipinski definition) is 4. The van der Waals surface area contributed by atoms with Gasteiger partial charge in [0, 0.05) is 12.8 Å². The molecule has 1 fully saturated rings. The van der Waals surface area contributed by atoms with Crippen LogP contribution in [0, 0.1) is 6.92 Å². The molecule has 2 amide bonds. The van der Waals surface area contributed by atoms with Crippen LogP contribution in [0.2, 0.25) is 0 Å². The highest BCUT2D eigenvalue weighted by Gasteiger charge is 2.35. The number of piperidine rings is 1. The molecule has 2 aliphatic heterocycles. The number of carbonyl (C=O) groups excluding carboxylic acids is 2. The number of imide groups is 1. The van der Waals surface area contributed by atoms with Crippen molar-refractivity contribution >= 4 is 11.8 Å². The fraction of sp³-hybridized carbons (Fsp3) is 0.467. The van der Waals surface area contributed by atoms with E-state index in [2.05, 4.69) is 6.07 Å². The van der Waals surface area contributed by atoms with Crippen molar-refractivity contribution in [1.29, 1.82) is 0 Å². The lowest BCUT2D eigenvalue weighted by molar-refractivity contribution is -0.150. The van der Waals surface area contributed by atoms with Crippen molar-refractivity contribution in [3.05, 3.63) is 29.3 Å². The van der Waals surface area contributed by atoms with Gasteiger partial charge in [-0.3, -0.25) is 14.5 Å². The monoisotopic (exact) mass is 274 g/mol. The molecule has 1 aromatic carbocycles. The van der Waals surface area contributed by atoms with E-state index in [9.17, 15) is 9.59 Å². The highest BCUT2D eigenvalue weighted by atomic mass is 16.5. The summed E-state index contributed by atoms with van der Waals surface area (Å²) in [6.07, 6.45) is 1.35. The lowest BCUT2D eigenvalue weighted by Gasteiger charge is -2.30. The Balaban J connectivity index is 1.71. The SMILES string of the molecule is Cc1ccc2c(c1)CC(CN1C(=O)CCC(N)C1=O)O2. The molecule has 3 rings (SSSR count). The number of nitrogens with zero attached hydrogens (tertiary/aromatic N) is 1. The Hall–Kier alpha value is -1.88. The van der Waals surface area contributed by atoms with Crippen LogP contribution in [0.1, 0.15) is 24.0 Å². The maximum Gasteiger partial charge on any atom is 0.246 e. The van der Waals surface area contributed by atoms with Gasteiger partial charge in [-0.1, -0.05) is 17.7 Å². The molecule has 0 bridgehead atoms. The van der Waals surface area contributed by atoms with Gasteiger partial charge >= 0.3 is 0 Å². The van der Waals surface area contributed by atoms with E-state index in [0.717, 1.165) is 17.7 Å². The van der Waals surface area contributed by atoms with Gasteiger partial charge in [-0.2, -0.15) is 0 Å². The number of fused-ring (bicyclic) bond motifs is 1. The summed E-state index contributed by atoms with van der Waals surface area (Å²) in [6, 6.07) is 5.46. The predicted octanol–water partition coefficient (Wildman–Crippen LogP) is 0.775. The average molecular weight is 274 g/mol. The molecule has 5 nitrogen and oxygen atoms in total. The van der Waals surface area contributed by atoms with Crippen LogP contribution in [0.15, 0.2) is 18.2 Å². The van der Waals surface area contributed by atoms with Crippen LogP contribution in [0.5, 0.6) is 5.75 Å². The van der Waals surface area contributed by atoms with Gasteiger partial charge in [0.15, 0.2) is 0 Å². The van der Waals surface area contributed by atoms with E-state index in [0.29, 0.717) is 19.4 Å². The fourth-order valence-electron chi connectivity index (χ4n) is 2.81. The quantitative estimate of drug-likeness (QED) is 0.809. The van der Waals surface area contributed by atoms with Gasteiger partial charge in [0.25, 0.3) is 0 Å². The maximum atomic E-state index is 12.0. The summed E-state index contributed by atoms with van der Waals surface area (Å²) >= 11 is 0. The zero-order valence-corrected chi connectivity index (χ0v) is 11.5. The lowest BCUT2D eigenvalue weighted by atomic mass is 10.0. The first kappa shape index (κ1) is 13.1. The first-order valence-corrected chi connectivity index (χ1v) is 6.90. The molecule has 0 spiro atoms. The number of likely N-dealkylation sites (tertiary alicyclic amines) is 1. The second kappa shape index (κ2) is 4.90. The molecule has 0 radical (unpaired) electrons. The van der Waals surface area contributed by atoms with E-state index in [4.69, 9.17) is 10.5 Å². The fourth-order valence-corrected chi connectivity index (χ4v) is 2.81. The summed E-state index contributed by atoms with van der Waals surface area (Å²) < 4.78 is 5.81. The third kappa shape index (κ3) is 2.29. The summed E-state index contributed by atoms with van der Waals surface area (Å²) in [5.41, 5.74) is 8.04. The van der Waals surface area contributed by atoms with E-state index in [-0.39, 0.29) is 17.9 Å². The minimum absolute atomic E-state index is 0.146. The number of hydrogen-bond donors (Lipinski definition) is 1. The van der Waals surface area contributed by atoms with Gasteiger partial charge in [0.1, 0.15) is 11.9 Å². The number of nitrogens with two attached hydrogens (primary N) is 1. The van der Waals surface area contributed by atoms with Gasteiger partial charge in [0.05, 0.1) is 12.6 Å². The summed E-state index contributed by atoms with van der Waals surface area (Å²) in [7, 11) is 0. The highest BCUT2D eigenvalue weighted by molar-refractivity contribution is 6.00. The third-order valence-electron chi connectivity index (χ3n) is 3.90. The molecule has 2 atom stereocenters. The molecule has 0 saturated carbocycles. The maximum absolute atomic E-state index is 12.0. The number of carbonyl (C=O) groups is 2. The van der Waals surface area contributed by atoms with Crippen molar-refractivity contribution < 1.29 is 14.3 Å². The van der Waals surface area contributed by atoms with Crippen molar-refractivity contribution in [3.8, 4) is 5.75 Å². The molecule has 0 aliphatic carbocycles. The molecular formula is C15H18N2O3. The zero-order chi connectivity index (χ0) is 14.3. The molecular weight excluding hydrogens is 256 g/mol. The van der Waals surface area contributed by atoms with Crippen LogP contribution in [-0.2, 0) is 16.0 Å². The first-order chi connectivity index (χ1) is 9.54. The number of amides is 2. The Kier molecular flexibility index (Phi) is 3.22. The molecule has 1 saturated heterocycles. The van der Waals surface area contributed by atoms with Gasteiger partial charge < -0.3 is 10.5 Å². The minimum Gasteiger partial charge on any atom is -0.488 e. The van der Waals surface area contributed by atoms with Crippen molar-refractivity contribution in [2.45, 2.75) is 38.3 Å². The Bertz CT molecular complexity index is 570. The van der Waals surface area contributed by atoms with E-state index in [1.807, 2.05) is 19.1 Å². The summed E-state index contributed by atoms with van der Waals surface area (Å²) in [6.45, 7) is 2.32. The molecule has 2 aliphatic rings. The van der Waals surface area contributed by atoms with Crippen molar-refractivity contribution in [3.63, 3.8) is 0 Å². The lowest BCUT2D eigenvalue weighted by Crippen LogP contribution is -2.53. The van der Waals surface area contributed by atoms with Crippen LogP contribution in [0.25, 0.3) is 0 Å². The zero-order valence-electron chi connectivity index (χ0n) is 11.5. The molecule has 2 heterocycles. The number of rotatable bonds is 2. The molecule has 2 N–H and O–H groups in total. The van der Waals surface area contributed by atoms with Crippen LogP contribution >= 0.6 is 0 Å². The number of ether oxygens (including phenoxy) is 1. The Morgan fingerprint density at radius 3 is 3.00 bits per heavy atom. The smallest absolute Gasteiger partial charge is 0.246 e. The number of benzene rings is 1. The highest BCUT2D eigenvalue weighted by Crippen LogP contribution is 2.30. The summed E-state index contributed by atoms with van der Waals surface area (Å²) in [4.78, 5) is 25.1. The topological polar surface area (TPSA) is 72.6 Å². The van der Waals surface area contributed by atoms with Crippen LogP contribution in [0.3, 0.4) is 0 Å². The Labute approximate surface area is 117 Å². The van der Waals surface area contributed by atoms with Gasteiger partial charge in [-0.25, -0.2) is 0 Å². The normalized spacial score (nSPS) is 25.6. The second-order valence-corrected chi connectivity index (χ2v) is 5.54. The first-order valence-electron chi connectivity index (χ1n) is 6.90. The van der Waals surface area contributed by atoms with E-state index in [1.165, 1.54) is 10.5 Å². The molecule has 5 heteroatoms. The largest absolute Gasteiger partial charge is 0.488 e. The summed E-state index contributed by atoms with van der Waals surface area (Å²) in [5, 5.41) is 0. The number of aryl methyl sites for hydroxylation is 1. The minimum atomic E-state index is -0.557. The van der Waals surface area contributed by atoms with E-state index >= 15 is 0 Å². The second-order valence-electron chi connectivity index (χ2n) is 5.54. The van der Waals surface area contributed by atoms with E-state index in [1.54, 1.807) is 0 Å². The van der Waals surface area contributed by atoms with Crippen LogP contribution in [-0.4, -0.2) is 35.4 Å². The molecule has 0 aromatic heterocycles. The molecule has 1 aromatic rings. The predicted molar refractivity (Wildman–Crippen MR) is 73.2 cm³/mol. The van der Waals surface area contributed by atoms with Gasteiger partial charge in [0.2, 0.25) is 11.8 Å². The van der Waals surface area contributed by atoms with Crippen molar-refractivity contribution in [1.82, 2.24) is 4.90 Å². The van der Waals surface area contributed by atoms with Gasteiger partial charge in [-0.05, 0) is 25.0 Å². The molecule has 20 heavy (non-hydrogen) atoms. The van der Waals surface area contributed by atoms with Crippen molar-refractivity contribution in [2.24, 2.45) is 5.73 Å². The van der Waals surface area contributed by atoms with Crippen LogP contribution in [0.4, 0.5) is 0 Å². The standard InChI is InChI=1S/C15H18N2O3/c1-9-2-4-13-10(6-9)7-11(20-13)8-17-14(18)5-3-12(16)15(17)19/h2,4,6,11-12H,3,5,7-8,16H2,1H3.